The molecule has 5 heteroatoms. The molecule has 0 saturated heterocycles. The van der Waals surface area contributed by atoms with Gasteiger partial charge in [0.05, 0.1) is 0 Å². The van der Waals surface area contributed by atoms with Crippen molar-refractivity contribution in [1.29, 1.82) is 0 Å². The van der Waals surface area contributed by atoms with Crippen LogP contribution in [-0.4, -0.2) is 21.6 Å². The Hall–Kier alpha value is -1.65. The number of hydrogen-bond acceptors (Lipinski definition) is 0. The molecule has 0 fully saturated rings. The summed E-state index contributed by atoms with van der Waals surface area (Å²) in [4.78, 5) is 0. The molecule has 0 bridgehead atoms. The summed E-state index contributed by atoms with van der Waals surface area (Å²) in [6.45, 7) is 7.78. The lowest BCUT2D eigenvalue weighted by Crippen LogP contribution is -2.50. The van der Waals surface area contributed by atoms with Crippen molar-refractivity contribution >= 4 is 18.8 Å². The highest BCUT2D eigenvalue weighted by atomic mass is 19.2. The Morgan fingerprint density at radius 1 is 1.09 bits per heavy atom. The lowest BCUT2D eigenvalue weighted by molar-refractivity contribution is -0.363. The zero-order chi connectivity index (χ0) is 16.4. The van der Waals surface area contributed by atoms with Gasteiger partial charge >= 0.3 is 6.97 Å². The molecule has 3 rings (SSSR count). The second-order valence-electron chi connectivity index (χ2n) is 6.33. The van der Waals surface area contributed by atoms with Gasteiger partial charge in [0.15, 0.2) is 5.70 Å². The standard InChI is InChI=1S/C17H23BF2N2/c1-7-14-10(3)16-9-17-11(4)15(8-2)13(6)22(17)18(19,20)21(16)12(14)5/h9H,7-8H2,1-6H3. The van der Waals surface area contributed by atoms with Crippen molar-refractivity contribution < 1.29 is 13.1 Å². The molecule has 0 radical (unpaired) electrons. The van der Waals surface area contributed by atoms with Gasteiger partial charge in [-0.3, -0.25) is 0 Å². The number of aromatic nitrogens is 1. The highest BCUT2D eigenvalue weighted by Crippen LogP contribution is 2.40. The van der Waals surface area contributed by atoms with E-state index in [1.807, 2.05) is 47.6 Å². The summed E-state index contributed by atoms with van der Waals surface area (Å²) in [5.74, 6) is 0. The molecule has 118 valence electrons. The average molecular weight is 304 g/mol. The molecular formula is C17H23BF2N2. The molecule has 0 N–H and O–H groups in total. The van der Waals surface area contributed by atoms with Crippen LogP contribution in [0.15, 0.2) is 16.8 Å². The molecular weight excluding hydrogens is 281 g/mol. The van der Waals surface area contributed by atoms with Gasteiger partial charge in [-0.2, -0.15) is 0 Å². The van der Waals surface area contributed by atoms with Gasteiger partial charge in [0.25, 0.3) is 0 Å². The number of fused-ring (bicyclic) bond motifs is 2. The second-order valence-corrected chi connectivity index (χ2v) is 6.33. The molecule has 0 amide bonds. The molecule has 3 heterocycles. The lowest BCUT2D eigenvalue weighted by Gasteiger charge is -2.30. The van der Waals surface area contributed by atoms with Crippen LogP contribution in [-0.2, 0) is 6.42 Å². The second kappa shape index (κ2) is 4.67. The fourth-order valence-corrected chi connectivity index (χ4v) is 4.31. The largest absolute Gasteiger partial charge is 0.737 e. The predicted octanol–water partition coefficient (Wildman–Crippen LogP) is 4.46. The third kappa shape index (κ3) is 1.62. The van der Waals surface area contributed by atoms with Gasteiger partial charge in [-0.05, 0) is 50.4 Å². The maximum atomic E-state index is 15.3. The third-order valence-corrected chi connectivity index (χ3v) is 5.39. The van der Waals surface area contributed by atoms with Crippen LogP contribution in [0.2, 0.25) is 0 Å². The van der Waals surface area contributed by atoms with E-state index in [9.17, 15) is 0 Å². The monoisotopic (exact) mass is 304 g/mol. The number of allylic oxidation sites excluding steroid dienone is 2. The fraction of sp³-hybridized carbons (Fsp3) is 0.471. The number of nitrogens with zero attached hydrogens (tertiary/aromatic N) is 2. The molecule has 1 aromatic heterocycles. The highest BCUT2D eigenvalue weighted by Gasteiger charge is 2.54. The molecule has 0 saturated carbocycles. The topological polar surface area (TPSA) is 7.94 Å². The predicted molar refractivity (Wildman–Crippen MR) is 88.6 cm³/mol. The molecule has 2 nitrogen and oxygen atoms in total. The normalized spacial score (nSPS) is 19.5. The van der Waals surface area contributed by atoms with Crippen molar-refractivity contribution in [3.05, 3.63) is 39.4 Å². The molecule has 22 heavy (non-hydrogen) atoms. The molecule has 0 aliphatic carbocycles. The van der Waals surface area contributed by atoms with Crippen molar-refractivity contribution in [3.63, 3.8) is 0 Å². The van der Waals surface area contributed by atoms with Gasteiger partial charge < -0.3 is 17.6 Å². The SMILES string of the molecule is CCC1=C(C)C2=Cc3c(C)c(CC)c(C)n3[B-](F)(F)[N+]2=C1C. The fourth-order valence-electron chi connectivity index (χ4n) is 4.31. The van der Waals surface area contributed by atoms with Gasteiger partial charge in [0.1, 0.15) is 5.71 Å². The van der Waals surface area contributed by atoms with Crippen LogP contribution in [0, 0.1) is 13.8 Å². The van der Waals surface area contributed by atoms with E-state index >= 15 is 8.63 Å². The Kier molecular flexibility index (Phi) is 3.24. The Morgan fingerprint density at radius 2 is 1.73 bits per heavy atom. The lowest BCUT2D eigenvalue weighted by atomic mass is 9.89. The highest BCUT2D eigenvalue weighted by molar-refractivity contribution is 6.58. The third-order valence-electron chi connectivity index (χ3n) is 5.39. The van der Waals surface area contributed by atoms with Gasteiger partial charge in [-0.1, -0.05) is 13.8 Å². The summed E-state index contributed by atoms with van der Waals surface area (Å²) >= 11 is 0. The smallest absolute Gasteiger partial charge is 0.394 e. The van der Waals surface area contributed by atoms with E-state index in [0.717, 1.165) is 35.1 Å². The van der Waals surface area contributed by atoms with E-state index in [1.165, 1.54) is 8.96 Å². The first kappa shape index (κ1) is 15.3. The molecule has 1 aromatic rings. The molecule has 0 atom stereocenters. The first-order chi connectivity index (χ1) is 10.3. The summed E-state index contributed by atoms with van der Waals surface area (Å²) < 4.78 is 33.2. The van der Waals surface area contributed by atoms with Gasteiger partial charge in [-0.25, -0.2) is 0 Å². The minimum Gasteiger partial charge on any atom is -0.394 e. The maximum absolute atomic E-state index is 15.3. The van der Waals surface area contributed by atoms with E-state index in [2.05, 4.69) is 0 Å². The Labute approximate surface area is 130 Å². The van der Waals surface area contributed by atoms with Gasteiger partial charge in [0, 0.05) is 29.8 Å². The number of rotatable bonds is 2. The quantitative estimate of drug-likeness (QED) is 0.713. The summed E-state index contributed by atoms with van der Waals surface area (Å²) in [5, 5.41) is 0. The first-order valence-electron chi connectivity index (χ1n) is 8.05. The van der Waals surface area contributed by atoms with E-state index < -0.39 is 6.97 Å². The van der Waals surface area contributed by atoms with Crippen LogP contribution < -0.4 is 0 Å². The Balaban J connectivity index is 2.39. The van der Waals surface area contributed by atoms with Crippen molar-refractivity contribution in [1.82, 2.24) is 4.48 Å². The molecule has 2 aliphatic rings. The zero-order valence-electron chi connectivity index (χ0n) is 14.2. The van der Waals surface area contributed by atoms with Gasteiger partial charge in [0.2, 0.25) is 0 Å². The summed E-state index contributed by atoms with van der Waals surface area (Å²) in [6, 6.07) is 0. The summed E-state index contributed by atoms with van der Waals surface area (Å²) in [6.07, 6.45) is 3.51. The Morgan fingerprint density at radius 3 is 2.27 bits per heavy atom. The maximum Gasteiger partial charge on any atom is 0.737 e. The minimum atomic E-state index is -3.83. The van der Waals surface area contributed by atoms with Crippen molar-refractivity contribution in [2.45, 2.75) is 54.4 Å². The van der Waals surface area contributed by atoms with Crippen LogP contribution in [0.1, 0.15) is 56.6 Å². The molecule has 0 aromatic carbocycles. The Bertz CT molecular complexity index is 779. The van der Waals surface area contributed by atoms with E-state index in [0.29, 0.717) is 22.8 Å². The summed E-state index contributed by atoms with van der Waals surface area (Å²) in [7, 11) is 0. The van der Waals surface area contributed by atoms with Crippen molar-refractivity contribution in [3.8, 4) is 0 Å². The molecule has 0 unspecified atom stereocenters. The van der Waals surface area contributed by atoms with E-state index in [1.54, 1.807) is 0 Å². The average Bonchev–Trinajstić information content (AvgIpc) is 2.84. The summed E-state index contributed by atoms with van der Waals surface area (Å²) in [5.41, 5.74) is 6.82. The first-order valence-corrected chi connectivity index (χ1v) is 8.05. The van der Waals surface area contributed by atoms with Crippen LogP contribution in [0.3, 0.4) is 0 Å². The number of hydrogen-bond donors (Lipinski definition) is 0. The van der Waals surface area contributed by atoms with Crippen molar-refractivity contribution in [2.75, 3.05) is 0 Å². The molecule has 0 spiro atoms. The molecule has 2 aliphatic heterocycles. The van der Waals surface area contributed by atoms with E-state index in [-0.39, 0.29) is 0 Å². The van der Waals surface area contributed by atoms with E-state index in [4.69, 9.17) is 0 Å². The van der Waals surface area contributed by atoms with Crippen LogP contribution in [0.5, 0.6) is 0 Å². The van der Waals surface area contributed by atoms with Crippen LogP contribution in [0.25, 0.3) is 6.08 Å². The zero-order valence-corrected chi connectivity index (χ0v) is 14.2. The van der Waals surface area contributed by atoms with Crippen LogP contribution in [0.4, 0.5) is 8.63 Å². The van der Waals surface area contributed by atoms with Crippen molar-refractivity contribution in [2.24, 2.45) is 0 Å². The van der Waals surface area contributed by atoms with Crippen LogP contribution >= 0.6 is 0 Å². The minimum absolute atomic E-state index is 0.676. The van der Waals surface area contributed by atoms with Gasteiger partial charge in [-0.15, -0.1) is 0 Å². The number of halogens is 2.